The molecule has 0 unspecified atom stereocenters. The van der Waals surface area contributed by atoms with Crippen molar-refractivity contribution in [2.45, 2.75) is 27.3 Å². The number of ether oxygens (including phenoxy) is 2. The molecule has 0 atom stereocenters. The molecule has 0 saturated carbocycles. The molecule has 0 aliphatic heterocycles. The Labute approximate surface area is 126 Å². The van der Waals surface area contributed by atoms with Crippen molar-refractivity contribution in [3.8, 4) is 11.5 Å². The van der Waals surface area contributed by atoms with Gasteiger partial charge in [0.25, 0.3) is 0 Å². The summed E-state index contributed by atoms with van der Waals surface area (Å²) in [7, 11) is 1.66. The monoisotopic (exact) mass is 285 g/mol. The van der Waals surface area contributed by atoms with E-state index in [1.165, 1.54) is 16.7 Å². The van der Waals surface area contributed by atoms with E-state index in [1.54, 1.807) is 7.11 Å². The smallest absolute Gasteiger partial charge is 0.162 e. The summed E-state index contributed by atoms with van der Waals surface area (Å²) in [5.74, 6) is 1.53. The third-order valence-corrected chi connectivity index (χ3v) is 3.58. The van der Waals surface area contributed by atoms with Crippen LogP contribution in [0.25, 0.3) is 0 Å². The van der Waals surface area contributed by atoms with Gasteiger partial charge in [0.15, 0.2) is 11.5 Å². The van der Waals surface area contributed by atoms with Crippen molar-refractivity contribution in [1.82, 2.24) is 0 Å². The van der Waals surface area contributed by atoms with Crippen molar-refractivity contribution in [1.29, 1.82) is 0 Å². The number of aryl methyl sites for hydroxylation is 2. The standard InChI is InChI=1S/C18H23NO2/c1-5-21-17-10-9-15(11-18(17)20-4)19-12-16-13(2)7-6-8-14(16)3/h6-11,19H,5,12H2,1-4H3. The molecular weight excluding hydrogens is 262 g/mol. The summed E-state index contributed by atoms with van der Waals surface area (Å²) < 4.78 is 10.9. The third-order valence-electron chi connectivity index (χ3n) is 3.58. The van der Waals surface area contributed by atoms with Crippen LogP contribution in [0.15, 0.2) is 36.4 Å². The summed E-state index contributed by atoms with van der Waals surface area (Å²) in [5, 5.41) is 3.45. The van der Waals surface area contributed by atoms with Gasteiger partial charge in [0, 0.05) is 18.3 Å². The van der Waals surface area contributed by atoms with E-state index < -0.39 is 0 Å². The van der Waals surface area contributed by atoms with Crippen LogP contribution < -0.4 is 14.8 Å². The summed E-state index contributed by atoms with van der Waals surface area (Å²) in [5.41, 5.74) is 4.98. The molecule has 2 aromatic rings. The zero-order valence-electron chi connectivity index (χ0n) is 13.2. The van der Waals surface area contributed by atoms with Crippen LogP contribution in [-0.4, -0.2) is 13.7 Å². The van der Waals surface area contributed by atoms with Gasteiger partial charge in [-0.3, -0.25) is 0 Å². The van der Waals surface area contributed by atoms with Crippen LogP contribution in [0.3, 0.4) is 0 Å². The molecule has 1 N–H and O–H groups in total. The normalized spacial score (nSPS) is 10.3. The van der Waals surface area contributed by atoms with E-state index in [4.69, 9.17) is 9.47 Å². The van der Waals surface area contributed by atoms with E-state index in [0.29, 0.717) is 6.61 Å². The molecule has 3 heteroatoms. The lowest BCUT2D eigenvalue weighted by molar-refractivity contribution is 0.311. The highest BCUT2D eigenvalue weighted by Crippen LogP contribution is 2.30. The highest BCUT2D eigenvalue weighted by Gasteiger charge is 2.06. The van der Waals surface area contributed by atoms with Gasteiger partial charge in [-0.2, -0.15) is 0 Å². The van der Waals surface area contributed by atoms with Crippen LogP contribution >= 0.6 is 0 Å². The van der Waals surface area contributed by atoms with Gasteiger partial charge in [-0.1, -0.05) is 18.2 Å². The second kappa shape index (κ2) is 7.02. The van der Waals surface area contributed by atoms with Gasteiger partial charge in [0.05, 0.1) is 13.7 Å². The second-order valence-electron chi connectivity index (χ2n) is 5.02. The molecular formula is C18H23NO2. The predicted molar refractivity (Wildman–Crippen MR) is 87.4 cm³/mol. The van der Waals surface area contributed by atoms with Crippen molar-refractivity contribution in [3.05, 3.63) is 53.1 Å². The van der Waals surface area contributed by atoms with Crippen molar-refractivity contribution in [3.63, 3.8) is 0 Å². The molecule has 0 heterocycles. The number of anilines is 1. The summed E-state index contributed by atoms with van der Waals surface area (Å²) >= 11 is 0. The first kappa shape index (κ1) is 15.2. The maximum absolute atomic E-state index is 5.53. The van der Waals surface area contributed by atoms with Gasteiger partial charge in [0.2, 0.25) is 0 Å². The Hall–Kier alpha value is -2.16. The van der Waals surface area contributed by atoms with Crippen LogP contribution in [0.4, 0.5) is 5.69 Å². The highest BCUT2D eigenvalue weighted by atomic mass is 16.5. The Morgan fingerprint density at radius 2 is 1.71 bits per heavy atom. The zero-order chi connectivity index (χ0) is 15.2. The van der Waals surface area contributed by atoms with Gasteiger partial charge >= 0.3 is 0 Å². The predicted octanol–water partition coefficient (Wildman–Crippen LogP) is 4.32. The summed E-state index contributed by atoms with van der Waals surface area (Å²) in [6, 6.07) is 12.3. The van der Waals surface area contributed by atoms with Crippen LogP contribution in [0.1, 0.15) is 23.6 Å². The molecule has 0 amide bonds. The summed E-state index contributed by atoms with van der Waals surface area (Å²) in [6.45, 7) is 7.68. The molecule has 0 aromatic heterocycles. The van der Waals surface area contributed by atoms with Crippen LogP contribution in [0, 0.1) is 13.8 Å². The van der Waals surface area contributed by atoms with Crippen molar-refractivity contribution in [2.75, 3.05) is 19.0 Å². The summed E-state index contributed by atoms with van der Waals surface area (Å²) in [4.78, 5) is 0. The topological polar surface area (TPSA) is 30.5 Å². The largest absolute Gasteiger partial charge is 0.493 e. The van der Waals surface area contributed by atoms with E-state index in [1.807, 2.05) is 25.1 Å². The Balaban J connectivity index is 2.13. The molecule has 3 nitrogen and oxygen atoms in total. The summed E-state index contributed by atoms with van der Waals surface area (Å²) in [6.07, 6.45) is 0. The highest BCUT2D eigenvalue weighted by molar-refractivity contribution is 5.55. The Kier molecular flexibility index (Phi) is 5.09. The van der Waals surface area contributed by atoms with E-state index in [9.17, 15) is 0 Å². The van der Waals surface area contributed by atoms with Gasteiger partial charge in [0.1, 0.15) is 0 Å². The number of hydrogen-bond donors (Lipinski definition) is 1. The SMILES string of the molecule is CCOc1ccc(NCc2c(C)cccc2C)cc1OC. The fraction of sp³-hybridized carbons (Fsp3) is 0.333. The molecule has 0 spiro atoms. The number of hydrogen-bond acceptors (Lipinski definition) is 3. The molecule has 21 heavy (non-hydrogen) atoms. The fourth-order valence-corrected chi connectivity index (χ4v) is 2.37. The van der Waals surface area contributed by atoms with Crippen LogP contribution in [0.5, 0.6) is 11.5 Å². The van der Waals surface area contributed by atoms with Gasteiger partial charge in [-0.25, -0.2) is 0 Å². The van der Waals surface area contributed by atoms with Gasteiger partial charge in [-0.05, 0) is 49.6 Å². The minimum atomic E-state index is 0.630. The molecule has 2 rings (SSSR count). The first-order valence-electron chi connectivity index (χ1n) is 7.25. The van der Waals surface area contributed by atoms with E-state index >= 15 is 0 Å². The molecule has 0 aliphatic carbocycles. The minimum Gasteiger partial charge on any atom is -0.493 e. The van der Waals surface area contributed by atoms with E-state index in [-0.39, 0.29) is 0 Å². The van der Waals surface area contributed by atoms with Crippen molar-refractivity contribution in [2.24, 2.45) is 0 Å². The van der Waals surface area contributed by atoms with Crippen molar-refractivity contribution < 1.29 is 9.47 Å². The number of methoxy groups -OCH3 is 1. The van der Waals surface area contributed by atoms with E-state index in [0.717, 1.165) is 23.7 Å². The van der Waals surface area contributed by atoms with Crippen molar-refractivity contribution >= 4 is 5.69 Å². The average molecular weight is 285 g/mol. The van der Waals surface area contributed by atoms with Gasteiger partial charge < -0.3 is 14.8 Å². The lowest BCUT2D eigenvalue weighted by atomic mass is 10.0. The lowest BCUT2D eigenvalue weighted by Crippen LogP contribution is -2.04. The molecule has 0 bridgehead atoms. The lowest BCUT2D eigenvalue weighted by Gasteiger charge is -2.14. The maximum atomic E-state index is 5.53. The number of rotatable bonds is 6. The third kappa shape index (κ3) is 3.69. The number of nitrogens with one attached hydrogen (secondary N) is 1. The molecule has 2 aromatic carbocycles. The van der Waals surface area contributed by atoms with Crippen LogP contribution in [-0.2, 0) is 6.54 Å². The first-order valence-corrected chi connectivity index (χ1v) is 7.25. The molecule has 112 valence electrons. The van der Waals surface area contributed by atoms with E-state index in [2.05, 4.69) is 37.4 Å². The number of benzene rings is 2. The molecule has 0 saturated heterocycles. The average Bonchev–Trinajstić information content (AvgIpc) is 2.48. The Morgan fingerprint density at radius 1 is 1.00 bits per heavy atom. The van der Waals surface area contributed by atoms with Gasteiger partial charge in [-0.15, -0.1) is 0 Å². The maximum Gasteiger partial charge on any atom is 0.162 e. The zero-order valence-corrected chi connectivity index (χ0v) is 13.2. The first-order chi connectivity index (χ1) is 10.2. The van der Waals surface area contributed by atoms with Crippen LogP contribution in [0.2, 0.25) is 0 Å². The molecule has 0 fully saturated rings. The Morgan fingerprint density at radius 3 is 2.33 bits per heavy atom. The quantitative estimate of drug-likeness (QED) is 0.857. The molecule has 0 aliphatic rings. The fourth-order valence-electron chi connectivity index (χ4n) is 2.37. The Bertz CT molecular complexity index is 588. The second-order valence-corrected chi connectivity index (χ2v) is 5.02. The minimum absolute atomic E-state index is 0.630. The molecule has 0 radical (unpaired) electrons.